The Labute approximate surface area is 157 Å². The number of benzene rings is 2. The number of para-hydroxylation sites is 1. The number of alkyl halides is 3. The molecule has 1 aromatic heterocycles. The van der Waals surface area contributed by atoms with E-state index in [0.29, 0.717) is 28.3 Å². The number of ether oxygens (including phenoxy) is 2. The molecule has 3 aromatic rings. The minimum atomic E-state index is -4.80. The number of carbonyl (C=O) groups is 1. The predicted molar refractivity (Wildman–Crippen MR) is 93.3 cm³/mol. The van der Waals surface area contributed by atoms with Crippen LogP contribution in [0.15, 0.2) is 60.7 Å². The number of aldehydes is 1. The van der Waals surface area contributed by atoms with E-state index in [-0.39, 0.29) is 17.2 Å². The Bertz CT molecular complexity index is 976. The van der Waals surface area contributed by atoms with E-state index in [1.165, 1.54) is 30.3 Å². The average Bonchev–Trinajstić information content (AvgIpc) is 2.62. The zero-order valence-corrected chi connectivity index (χ0v) is 14.3. The fraction of sp³-hybridized carbons (Fsp3) is 0.0526. The third-order valence-electron chi connectivity index (χ3n) is 3.42. The van der Waals surface area contributed by atoms with Gasteiger partial charge in [0.1, 0.15) is 11.5 Å². The molecule has 0 saturated carbocycles. The van der Waals surface area contributed by atoms with Crippen molar-refractivity contribution in [2.24, 2.45) is 0 Å². The van der Waals surface area contributed by atoms with Crippen LogP contribution in [0.3, 0.4) is 0 Å². The first-order valence-electron chi connectivity index (χ1n) is 7.60. The molecule has 8 heteroatoms. The number of halogens is 4. The van der Waals surface area contributed by atoms with E-state index < -0.39 is 6.36 Å². The quantitative estimate of drug-likeness (QED) is 0.506. The van der Waals surface area contributed by atoms with Crippen molar-refractivity contribution >= 4 is 17.9 Å². The van der Waals surface area contributed by atoms with Gasteiger partial charge < -0.3 is 9.47 Å². The molecule has 0 atom stereocenters. The highest BCUT2D eigenvalue weighted by Gasteiger charge is 2.31. The molecule has 0 N–H and O–H groups in total. The van der Waals surface area contributed by atoms with Crippen molar-refractivity contribution in [2.75, 3.05) is 0 Å². The Hall–Kier alpha value is -3.06. The molecule has 0 saturated heterocycles. The van der Waals surface area contributed by atoms with Gasteiger partial charge in [0.2, 0.25) is 5.88 Å². The van der Waals surface area contributed by atoms with Crippen LogP contribution in [0, 0.1) is 0 Å². The number of aromatic nitrogens is 1. The Morgan fingerprint density at radius 2 is 1.78 bits per heavy atom. The molecule has 0 spiro atoms. The topological polar surface area (TPSA) is 48.4 Å². The third kappa shape index (κ3) is 4.77. The lowest BCUT2D eigenvalue weighted by Crippen LogP contribution is -2.17. The molecule has 2 aromatic carbocycles. The van der Waals surface area contributed by atoms with E-state index >= 15 is 0 Å². The van der Waals surface area contributed by atoms with Crippen molar-refractivity contribution in [3.63, 3.8) is 0 Å². The maximum atomic E-state index is 12.4. The van der Waals surface area contributed by atoms with Crippen molar-refractivity contribution in [1.29, 1.82) is 0 Å². The summed E-state index contributed by atoms with van der Waals surface area (Å²) in [5, 5.41) is 0.321. The summed E-state index contributed by atoms with van der Waals surface area (Å²) in [5.74, 6) is -0.103. The maximum absolute atomic E-state index is 12.4. The lowest BCUT2D eigenvalue weighted by Gasteiger charge is -2.12. The molecule has 0 radical (unpaired) electrons. The van der Waals surface area contributed by atoms with Gasteiger partial charge in [-0.15, -0.1) is 13.2 Å². The molecule has 0 amide bonds. The first-order valence-corrected chi connectivity index (χ1v) is 7.98. The smallest absolute Gasteiger partial charge is 0.437 e. The van der Waals surface area contributed by atoms with Gasteiger partial charge in [-0.05, 0) is 36.4 Å². The fourth-order valence-corrected chi connectivity index (χ4v) is 2.44. The molecule has 0 aliphatic heterocycles. The second-order valence-corrected chi connectivity index (χ2v) is 5.72. The van der Waals surface area contributed by atoms with Crippen molar-refractivity contribution in [3.8, 4) is 28.6 Å². The summed E-state index contributed by atoms with van der Waals surface area (Å²) in [6.07, 6.45) is -4.24. The van der Waals surface area contributed by atoms with Crippen LogP contribution in [0.2, 0.25) is 5.02 Å². The largest absolute Gasteiger partial charge is 0.573 e. The second-order valence-electron chi connectivity index (χ2n) is 5.32. The second kappa shape index (κ2) is 7.67. The van der Waals surface area contributed by atoms with Crippen LogP contribution in [-0.2, 0) is 0 Å². The summed E-state index contributed by atoms with van der Waals surface area (Å²) in [5.41, 5.74) is 0.829. The number of hydrogen-bond donors (Lipinski definition) is 0. The number of nitrogens with zero attached hydrogens (tertiary/aromatic N) is 1. The lowest BCUT2D eigenvalue weighted by atomic mass is 10.1. The van der Waals surface area contributed by atoms with E-state index in [0.717, 1.165) is 0 Å². The lowest BCUT2D eigenvalue weighted by molar-refractivity contribution is -0.274. The Morgan fingerprint density at radius 1 is 1.00 bits per heavy atom. The minimum Gasteiger partial charge on any atom is -0.437 e. The van der Waals surface area contributed by atoms with E-state index in [4.69, 9.17) is 16.3 Å². The number of rotatable bonds is 5. The van der Waals surface area contributed by atoms with E-state index in [1.54, 1.807) is 30.3 Å². The molecular weight excluding hydrogens is 383 g/mol. The Kier molecular flexibility index (Phi) is 5.32. The average molecular weight is 394 g/mol. The minimum absolute atomic E-state index is 0.0160. The highest BCUT2D eigenvalue weighted by Crippen LogP contribution is 2.32. The predicted octanol–water partition coefficient (Wildman–Crippen LogP) is 5.91. The van der Waals surface area contributed by atoms with Gasteiger partial charge in [0.25, 0.3) is 0 Å². The first kappa shape index (κ1) is 18.7. The number of pyridine rings is 1. The molecule has 4 nitrogen and oxygen atoms in total. The summed E-state index contributed by atoms with van der Waals surface area (Å²) >= 11 is 6.04. The summed E-state index contributed by atoms with van der Waals surface area (Å²) in [7, 11) is 0. The van der Waals surface area contributed by atoms with Crippen LogP contribution in [-0.4, -0.2) is 17.6 Å². The molecule has 0 unspecified atom stereocenters. The number of carbonyl (C=O) groups excluding carboxylic acids is 1. The molecule has 0 aliphatic carbocycles. The van der Waals surface area contributed by atoms with Crippen LogP contribution >= 0.6 is 11.6 Å². The summed E-state index contributed by atoms with van der Waals surface area (Å²) in [6.45, 7) is 0. The van der Waals surface area contributed by atoms with Gasteiger partial charge >= 0.3 is 6.36 Å². The van der Waals surface area contributed by atoms with Crippen LogP contribution in [0.5, 0.6) is 17.4 Å². The zero-order valence-electron chi connectivity index (χ0n) is 13.5. The molecule has 3 rings (SSSR count). The molecule has 0 aliphatic rings. The monoisotopic (exact) mass is 393 g/mol. The highest BCUT2D eigenvalue weighted by atomic mass is 35.5. The van der Waals surface area contributed by atoms with Gasteiger partial charge in [-0.2, -0.15) is 0 Å². The van der Waals surface area contributed by atoms with Gasteiger partial charge in [-0.3, -0.25) is 4.79 Å². The Balaban J connectivity index is 1.97. The summed E-state index contributed by atoms with van der Waals surface area (Å²) < 4.78 is 46.8. The summed E-state index contributed by atoms with van der Waals surface area (Å²) in [4.78, 5) is 15.5. The normalized spacial score (nSPS) is 11.1. The van der Waals surface area contributed by atoms with Gasteiger partial charge in [-0.25, -0.2) is 4.98 Å². The van der Waals surface area contributed by atoms with Crippen molar-refractivity contribution < 1.29 is 27.4 Å². The van der Waals surface area contributed by atoms with Crippen molar-refractivity contribution in [3.05, 3.63) is 71.2 Å². The van der Waals surface area contributed by atoms with Gasteiger partial charge in [0, 0.05) is 5.56 Å². The highest BCUT2D eigenvalue weighted by molar-refractivity contribution is 6.32. The SMILES string of the molecule is O=Cc1ccc(-c2cccc(OC(F)(F)F)c2)nc1Oc1ccccc1Cl. The first-order chi connectivity index (χ1) is 12.9. The van der Waals surface area contributed by atoms with Gasteiger partial charge in [-0.1, -0.05) is 35.9 Å². The fourth-order valence-electron chi connectivity index (χ4n) is 2.27. The van der Waals surface area contributed by atoms with E-state index in [2.05, 4.69) is 9.72 Å². The standard InChI is InChI=1S/C19H11ClF3NO3/c20-15-6-1-2-7-17(15)26-18-13(11-25)8-9-16(24-18)12-4-3-5-14(10-12)27-19(21,22)23/h1-11H. The van der Waals surface area contributed by atoms with Gasteiger partial charge in [0.15, 0.2) is 6.29 Å². The van der Waals surface area contributed by atoms with Crippen LogP contribution in [0.1, 0.15) is 10.4 Å². The number of hydrogen-bond acceptors (Lipinski definition) is 4. The molecule has 138 valence electrons. The molecule has 0 bridgehead atoms. The summed E-state index contributed by atoms with van der Waals surface area (Å²) in [6, 6.07) is 14.9. The zero-order chi connectivity index (χ0) is 19.4. The van der Waals surface area contributed by atoms with Crippen LogP contribution in [0.25, 0.3) is 11.3 Å². The van der Waals surface area contributed by atoms with Gasteiger partial charge in [0.05, 0.1) is 16.3 Å². The van der Waals surface area contributed by atoms with E-state index in [1.807, 2.05) is 0 Å². The van der Waals surface area contributed by atoms with Crippen LogP contribution in [0.4, 0.5) is 13.2 Å². The Morgan fingerprint density at radius 3 is 2.48 bits per heavy atom. The van der Waals surface area contributed by atoms with Crippen molar-refractivity contribution in [1.82, 2.24) is 4.98 Å². The third-order valence-corrected chi connectivity index (χ3v) is 3.74. The molecule has 27 heavy (non-hydrogen) atoms. The molecular formula is C19H11ClF3NO3. The van der Waals surface area contributed by atoms with Crippen LogP contribution < -0.4 is 9.47 Å². The van der Waals surface area contributed by atoms with E-state index in [9.17, 15) is 18.0 Å². The molecule has 0 fully saturated rings. The molecule has 1 heterocycles. The maximum Gasteiger partial charge on any atom is 0.573 e. The van der Waals surface area contributed by atoms with Crippen molar-refractivity contribution in [2.45, 2.75) is 6.36 Å².